The first-order valence-corrected chi connectivity index (χ1v) is 13.0. The van der Waals surface area contributed by atoms with E-state index in [1.807, 2.05) is 0 Å². The molecule has 0 aliphatic carbocycles. The molecule has 0 spiro atoms. The van der Waals surface area contributed by atoms with Crippen LogP contribution in [0, 0.1) is 0 Å². The number of nitrogens with zero attached hydrogens (tertiary/aromatic N) is 3. The van der Waals surface area contributed by atoms with E-state index in [4.69, 9.17) is 0 Å². The number of carbonyl (C=O) groups is 5. The minimum atomic E-state index is -1.41. The highest BCUT2D eigenvalue weighted by molar-refractivity contribution is 8.01. The summed E-state index contributed by atoms with van der Waals surface area (Å²) in [6.07, 6.45) is 1.58. The minimum Gasteiger partial charge on any atom is -0.504 e. The molecule has 0 radical (unpaired) electrons. The molecule has 3 heterocycles. The van der Waals surface area contributed by atoms with Gasteiger partial charge in [0.05, 0.1) is 11.9 Å². The molecule has 2 aliphatic rings. The van der Waals surface area contributed by atoms with Crippen molar-refractivity contribution >= 4 is 64.7 Å². The number of anilines is 1. The average molecular weight is 578 g/mol. The number of phenols is 2. The van der Waals surface area contributed by atoms with Crippen LogP contribution >= 0.6 is 23.1 Å². The minimum absolute atomic E-state index is 0.0656. The summed E-state index contributed by atoms with van der Waals surface area (Å²) in [5.41, 5.74) is 2.58. The highest BCUT2D eigenvalue weighted by Gasteiger charge is 2.64. The standard InChI is InChI=1S/C22H23N7O8S2/c1-22(2)15(19(35)36)29-17(34)14(18(29)39-22)26-16(33)13(10-7-38-21(25-10)23-8-30)27-20(37)28-24-6-9-3-4-11(31)12(32)5-9/h3-8,13-15,18,31-32H,1-2H3,(H,26,33)(H,35,36)(H,23,25,30)(H2,27,28,37)/t13?,14?,15-,18+/m0/s1. The lowest BCUT2D eigenvalue weighted by atomic mass is 9.96. The second kappa shape index (κ2) is 10.8. The Morgan fingerprint density at radius 1 is 1.23 bits per heavy atom. The van der Waals surface area contributed by atoms with Crippen molar-refractivity contribution in [2.75, 3.05) is 5.32 Å². The number of aromatic nitrogens is 1. The van der Waals surface area contributed by atoms with E-state index in [1.165, 1.54) is 46.5 Å². The molecule has 7 N–H and O–H groups in total. The van der Waals surface area contributed by atoms with Crippen LogP contribution in [0.5, 0.6) is 11.5 Å². The number of hydrogen-bond acceptors (Lipinski definition) is 11. The third-order valence-electron chi connectivity index (χ3n) is 5.89. The van der Waals surface area contributed by atoms with Gasteiger partial charge in [-0.2, -0.15) is 5.10 Å². The van der Waals surface area contributed by atoms with E-state index >= 15 is 0 Å². The molecule has 15 nitrogen and oxygen atoms in total. The molecule has 2 fully saturated rings. The summed E-state index contributed by atoms with van der Waals surface area (Å²) in [5.74, 6) is -3.22. The molecule has 206 valence electrons. The normalized spacial score (nSPS) is 21.9. The van der Waals surface area contributed by atoms with Gasteiger partial charge in [-0.25, -0.2) is 20.0 Å². The Hall–Kier alpha value is -4.38. The average Bonchev–Trinajstić information content (AvgIpc) is 3.43. The molecular formula is C22H23N7O8S2. The van der Waals surface area contributed by atoms with Gasteiger partial charge in [-0.05, 0) is 37.6 Å². The maximum atomic E-state index is 13.3. The van der Waals surface area contributed by atoms with Crippen molar-refractivity contribution in [2.24, 2.45) is 5.10 Å². The van der Waals surface area contributed by atoms with Crippen LogP contribution in [0.25, 0.3) is 0 Å². The van der Waals surface area contributed by atoms with Gasteiger partial charge < -0.3 is 36.2 Å². The molecule has 0 bridgehead atoms. The van der Waals surface area contributed by atoms with E-state index in [-0.39, 0.29) is 22.3 Å². The summed E-state index contributed by atoms with van der Waals surface area (Å²) in [6, 6.07) is -0.538. The number of rotatable bonds is 9. The van der Waals surface area contributed by atoms with Crippen LogP contribution in [-0.2, 0) is 19.2 Å². The van der Waals surface area contributed by atoms with Crippen molar-refractivity contribution in [1.82, 2.24) is 25.9 Å². The predicted octanol–water partition coefficient (Wildman–Crippen LogP) is 0.129. The fourth-order valence-corrected chi connectivity index (χ4v) is 6.46. The number of phenolic OH excluding ortho intramolecular Hbond substituents is 2. The molecular weight excluding hydrogens is 554 g/mol. The lowest BCUT2D eigenvalue weighted by molar-refractivity contribution is -0.161. The van der Waals surface area contributed by atoms with E-state index in [0.29, 0.717) is 12.0 Å². The quantitative estimate of drug-likeness (QED) is 0.0701. The predicted molar refractivity (Wildman–Crippen MR) is 139 cm³/mol. The van der Waals surface area contributed by atoms with Crippen molar-refractivity contribution in [3.05, 3.63) is 34.8 Å². The number of carboxylic acids is 1. The van der Waals surface area contributed by atoms with Crippen LogP contribution in [0.4, 0.5) is 9.93 Å². The number of β-lactam (4-membered cyclic amide) rings is 1. The van der Waals surface area contributed by atoms with Gasteiger partial charge in [-0.15, -0.1) is 23.1 Å². The largest absolute Gasteiger partial charge is 0.504 e. The lowest BCUT2D eigenvalue weighted by Gasteiger charge is -2.43. The number of aliphatic carboxylic acids is 1. The third kappa shape index (κ3) is 5.58. The van der Waals surface area contributed by atoms with E-state index in [0.717, 1.165) is 11.3 Å². The number of amides is 5. The third-order valence-corrected chi connectivity index (χ3v) is 8.25. The Morgan fingerprint density at radius 3 is 2.64 bits per heavy atom. The topological polar surface area (TPSA) is 223 Å². The zero-order valence-electron chi connectivity index (χ0n) is 20.3. The maximum Gasteiger partial charge on any atom is 0.336 e. The molecule has 2 aromatic rings. The number of benzene rings is 1. The van der Waals surface area contributed by atoms with Gasteiger partial charge in [0.1, 0.15) is 17.5 Å². The van der Waals surface area contributed by atoms with Crippen molar-refractivity contribution in [3.8, 4) is 11.5 Å². The number of aromatic hydroxyl groups is 2. The van der Waals surface area contributed by atoms with E-state index < -0.39 is 52.1 Å². The second-order valence-electron chi connectivity index (χ2n) is 8.95. The van der Waals surface area contributed by atoms with Crippen molar-refractivity contribution in [3.63, 3.8) is 0 Å². The first kappa shape index (κ1) is 27.6. The number of carboxylic acid groups (broad SMARTS) is 1. The van der Waals surface area contributed by atoms with E-state index in [1.54, 1.807) is 13.8 Å². The van der Waals surface area contributed by atoms with Gasteiger partial charge in [0, 0.05) is 10.1 Å². The van der Waals surface area contributed by atoms with Crippen molar-refractivity contribution < 1.29 is 39.3 Å². The van der Waals surface area contributed by atoms with Crippen LogP contribution in [0.15, 0.2) is 28.7 Å². The number of urea groups is 1. The van der Waals surface area contributed by atoms with Gasteiger partial charge >= 0.3 is 12.0 Å². The van der Waals surface area contributed by atoms with Crippen LogP contribution in [0.1, 0.15) is 31.1 Å². The number of thiazole rings is 1. The van der Waals surface area contributed by atoms with Gasteiger partial charge in [0.25, 0.3) is 0 Å². The van der Waals surface area contributed by atoms with Gasteiger partial charge in [0.15, 0.2) is 22.7 Å². The van der Waals surface area contributed by atoms with Gasteiger partial charge in [-0.1, -0.05) is 0 Å². The van der Waals surface area contributed by atoms with Crippen LogP contribution in [0.3, 0.4) is 0 Å². The Labute approximate surface area is 228 Å². The molecule has 1 aromatic carbocycles. The molecule has 0 saturated carbocycles. The van der Waals surface area contributed by atoms with Crippen molar-refractivity contribution in [2.45, 2.75) is 42.1 Å². The highest BCUT2D eigenvalue weighted by Crippen LogP contribution is 2.50. The zero-order chi connectivity index (χ0) is 28.5. The van der Waals surface area contributed by atoms with Crippen molar-refractivity contribution in [1.29, 1.82) is 0 Å². The molecule has 2 saturated heterocycles. The summed E-state index contributed by atoms with van der Waals surface area (Å²) < 4.78 is -0.792. The Morgan fingerprint density at radius 2 is 1.97 bits per heavy atom. The number of thioether (sulfide) groups is 1. The number of nitrogens with one attached hydrogen (secondary N) is 4. The molecule has 17 heteroatoms. The van der Waals surface area contributed by atoms with E-state index in [2.05, 4.69) is 31.5 Å². The SMILES string of the molecule is CC1(C)S[C@@H]2C(NC(=O)C(NC(=O)NN=Cc3ccc(O)c(O)c3)c3csc(NC=O)n3)C(=O)N2[C@H]1C(=O)O. The van der Waals surface area contributed by atoms with Gasteiger partial charge in [0.2, 0.25) is 18.2 Å². The molecule has 39 heavy (non-hydrogen) atoms. The lowest BCUT2D eigenvalue weighted by Crippen LogP contribution is -2.71. The summed E-state index contributed by atoms with van der Waals surface area (Å²) >= 11 is 2.24. The molecule has 1 aromatic heterocycles. The molecule has 4 atom stereocenters. The zero-order valence-corrected chi connectivity index (χ0v) is 21.9. The van der Waals surface area contributed by atoms with E-state index in [9.17, 15) is 39.3 Å². The Bertz CT molecular complexity index is 1360. The Balaban J connectivity index is 1.47. The number of carbonyl (C=O) groups excluding carboxylic acids is 4. The summed E-state index contributed by atoms with van der Waals surface area (Å²) in [4.78, 5) is 66.4. The first-order valence-electron chi connectivity index (χ1n) is 11.2. The molecule has 5 amide bonds. The fourth-order valence-electron chi connectivity index (χ4n) is 4.14. The monoisotopic (exact) mass is 577 g/mol. The van der Waals surface area contributed by atoms with Crippen LogP contribution < -0.4 is 21.4 Å². The van der Waals surface area contributed by atoms with Gasteiger partial charge in [-0.3, -0.25) is 14.4 Å². The second-order valence-corrected chi connectivity index (χ2v) is 11.6. The summed E-state index contributed by atoms with van der Waals surface area (Å²) in [5, 5.41) is 40.5. The summed E-state index contributed by atoms with van der Waals surface area (Å²) in [6.45, 7) is 3.40. The number of fused-ring (bicyclic) bond motifs is 1. The smallest absolute Gasteiger partial charge is 0.336 e. The van der Waals surface area contributed by atoms with Crippen LogP contribution in [-0.4, -0.2) is 83.8 Å². The highest BCUT2D eigenvalue weighted by atomic mass is 32.2. The maximum absolute atomic E-state index is 13.3. The molecule has 2 unspecified atom stereocenters. The Kier molecular flexibility index (Phi) is 7.64. The molecule has 4 rings (SSSR count). The van der Waals surface area contributed by atoms with Crippen LogP contribution in [0.2, 0.25) is 0 Å². The molecule has 2 aliphatic heterocycles. The fraction of sp³-hybridized carbons (Fsp3) is 0.318. The number of hydrogen-bond donors (Lipinski definition) is 7. The summed E-state index contributed by atoms with van der Waals surface area (Å²) in [7, 11) is 0. The number of hydrazone groups is 1. The first-order chi connectivity index (χ1) is 18.4.